The Morgan fingerprint density at radius 3 is 2.45 bits per heavy atom. The molecule has 0 N–H and O–H groups in total. The summed E-state index contributed by atoms with van der Waals surface area (Å²) in [6.45, 7) is -0.280. The summed E-state index contributed by atoms with van der Waals surface area (Å²) >= 11 is 0. The van der Waals surface area contributed by atoms with E-state index in [-0.39, 0.29) is 18.8 Å². The van der Waals surface area contributed by atoms with Crippen LogP contribution in [0.25, 0.3) is 0 Å². The summed E-state index contributed by atoms with van der Waals surface area (Å²) in [6.07, 6.45) is -5.72. The highest BCUT2D eigenvalue weighted by Gasteiger charge is 2.44. The van der Waals surface area contributed by atoms with Crippen LogP contribution < -0.4 is 4.74 Å². The Morgan fingerprint density at radius 1 is 1.25 bits per heavy atom. The molecule has 1 aliphatic rings. The Balaban J connectivity index is 1.81. The molecule has 2 rings (SSSR count). The molecule has 9 heteroatoms. The quantitative estimate of drug-likeness (QED) is 0.800. The molecule has 0 aromatic heterocycles. The van der Waals surface area contributed by atoms with E-state index in [1.807, 2.05) is 0 Å². The van der Waals surface area contributed by atoms with E-state index in [0.29, 0.717) is 6.07 Å². The van der Waals surface area contributed by atoms with E-state index in [1.54, 1.807) is 0 Å². The van der Waals surface area contributed by atoms with E-state index in [2.05, 4.69) is 4.84 Å². The first-order valence-corrected chi connectivity index (χ1v) is 5.41. The highest BCUT2D eigenvalue weighted by Crippen LogP contribution is 2.24. The van der Waals surface area contributed by atoms with Crippen molar-refractivity contribution in [1.82, 2.24) is 5.06 Å². The van der Waals surface area contributed by atoms with Crippen molar-refractivity contribution in [3.63, 3.8) is 0 Å². The number of nitrogens with zero attached hydrogens (tertiary/aromatic N) is 1. The Kier molecular flexibility index (Phi) is 3.80. The molecule has 0 unspecified atom stereocenters. The third kappa shape index (κ3) is 3.35. The first-order chi connectivity index (χ1) is 9.25. The molecule has 0 aliphatic carbocycles. The van der Waals surface area contributed by atoms with Crippen molar-refractivity contribution in [3.8, 4) is 5.75 Å². The third-order valence-electron chi connectivity index (χ3n) is 2.45. The van der Waals surface area contributed by atoms with Gasteiger partial charge in [-0.05, 0) is 12.1 Å². The van der Waals surface area contributed by atoms with Gasteiger partial charge in [-0.2, -0.15) is 13.2 Å². The number of hydrogen-bond donors (Lipinski definition) is 0. The molecule has 4 nitrogen and oxygen atoms in total. The maximum atomic E-state index is 13.2. The summed E-state index contributed by atoms with van der Waals surface area (Å²) in [5.74, 6) is -4.25. The largest absolute Gasteiger partial charge is 0.492 e. The standard InChI is InChI=1S/C11H8F5NO3/c12-6-1-2-9(8(13)3-6)19-7-4-17(5-7)20-10(18)11(14,15)16/h1-3,7H,4-5H2. The molecule has 1 heterocycles. The van der Waals surface area contributed by atoms with Gasteiger partial charge in [0, 0.05) is 6.07 Å². The van der Waals surface area contributed by atoms with Crippen LogP contribution in [-0.4, -0.2) is 36.4 Å². The van der Waals surface area contributed by atoms with Crippen molar-refractivity contribution in [2.24, 2.45) is 0 Å². The van der Waals surface area contributed by atoms with Gasteiger partial charge in [0.2, 0.25) is 0 Å². The molecule has 0 atom stereocenters. The highest BCUT2D eigenvalue weighted by atomic mass is 19.4. The molecule has 110 valence electrons. The lowest BCUT2D eigenvalue weighted by atomic mass is 10.2. The van der Waals surface area contributed by atoms with Gasteiger partial charge in [-0.15, -0.1) is 5.06 Å². The lowest BCUT2D eigenvalue weighted by molar-refractivity contribution is -0.262. The van der Waals surface area contributed by atoms with Gasteiger partial charge in [-0.3, -0.25) is 0 Å². The number of benzene rings is 1. The number of hydrogen-bond acceptors (Lipinski definition) is 4. The Morgan fingerprint density at radius 2 is 1.90 bits per heavy atom. The zero-order valence-electron chi connectivity index (χ0n) is 9.79. The predicted octanol–water partition coefficient (Wildman–Crippen LogP) is 2.05. The van der Waals surface area contributed by atoms with Crippen LogP contribution in [0.15, 0.2) is 18.2 Å². The number of carbonyl (C=O) groups excluding carboxylic acids is 1. The van der Waals surface area contributed by atoms with Crippen molar-refractivity contribution >= 4 is 5.97 Å². The van der Waals surface area contributed by atoms with Crippen LogP contribution in [-0.2, 0) is 9.63 Å². The van der Waals surface area contributed by atoms with E-state index in [1.165, 1.54) is 0 Å². The minimum Gasteiger partial charge on any atom is -0.484 e. The average Bonchev–Trinajstić information content (AvgIpc) is 2.27. The molecule has 0 bridgehead atoms. The number of hydroxylamine groups is 2. The SMILES string of the molecule is O=C(ON1CC(Oc2ccc(F)cc2F)C1)C(F)(F)F. The normalized spacial score (nSPS) is 16.6. The van der Waals surface area contributed by atoms with Crippen molar-refractivity contribution in [1.29, 1.82) is 0 Å². The van der Waals surface area contributed by atoms with Crippen molar-refractivity contribution < 1.29 is 36.3 Å². The lowest BCUT2D eigenvalue weighted by Crippen LogP contribution is -2.55. The second kappa shape index (κ2) is 5.23. The summed E-state index contributed by atoms with van der Waals surface area (Å²) in [5.41, 5.74) is 0. The zero-order chi connectivity index (χ0) is 14.9. The molecule has 0 spiro atoms. The van der Waals surface area contributed by atoms with E-state index in [4.69, 9.17) is 4.74 Å². The van der Waals surface area contributed by atoms with Crippen LogP contribution in [0.2, 0.25) is 0 Å². The number of rotatable bonds is 3. The zero-order valence-corrected chi connectivity index (χ0v) is 9.79. The van der Waals surface area contributed by atoms with Gasteiger partial charge in [0.15, 0.2) is 11.6 Å². The van der Waals surface area contributed by atoms with Crippen molar-refractivity contribution in [3.05, 3.63) is 29.8 Å². The van der Waals surface area contributed by atoms with Crippen LogP contribution in [0.5, 0.6) is 5.75 Å². The monoisotopic (exact) mass is 297 g/mol. The molecule has 1 aliphatic heterocycles. The molecule has 0 saturated carbocycles. The average molecular weight is 297 g/mol. The van der Waals surface area contributed by atoms with Crippen LogP contribution in [0, 0.1) is 11.6 Å². The second-order valence-corrected chi connectivity index (χ2v) is 4.04. The number of halogens is 5. The molecule has 1 aromatic rings. The molecular formula is C11H8F5NO3. The number of ether oxygens (including phenoxy) is 1. The maximum Gasteiger partial charge on any atom is 0.492 e. The minimum atomic E-state index is -5.07. The highest BCUT2D eigenvalue weighted by molar-refractivity contribution is 5.75. The minimum absolute atomic E-state index is 0.140. The van der Waals surface area contributed by atoms with Crippen molar-refractivity contribution in [2.75, 3.05) is 13.1 Å². The van der Waals surface area contributed by atoms with Crippen LogP contribution in [0.4, 0.5) is 22.0 Å². The number of carbonyl (C=O) groups is 1. The van der Waals surface area contributed by atoms with Crippen LogP contribution >= 0.6 is 0 Å². The first kappa shape index (κ1) is 14.5. The summed E-state index contributed by atoms with van der Waals surface area (Å²) in [5, 5.41) is 0.738. The van der Waals surface area contributed by atoms with Gasteiger partial charge in [-0.25, -0.2) is 13.6 Å². The van der Waals surface area contributed by atoms with Gasteiger partial charge in [0.1, 0.15) is 11.9 Å². The smallest absolute Gasteiger partial charge is 0.484 e. The van der Waals surface area contributed by atoms with Gasteiger partial charge < -0.3 is 9.57 Å². The van der Waals surface area contributed by atoms with Crippen LogP contribution in [0.1, 0.15) is 0 Å². The lowest BCUT2D eigenvalue weighted by Gasteiger charge is -2.36. The first-order valence-electron chi connectivity index (χ1n) is 5.41. The molecule has 1 aromatic carbocycles. The molecule has 1 saturated heterocycles. The van der Waals surface area contributed by atoms with Crippen LogP contribution in [0.3, 0.4) is 0 Å². The summed E-state index contributed by atoms with van der Waals surface area (Å²) in [6, 6.07) is 2.67. The second-order valence-electron chi connectivity index (χ2n) is 4.04. The molecule has 20 heavy (non-hydrogen) atoms. The van der Waals surface area contributed by atoms with Gasteiger partial charge in [0.05, 0.1) is 13.1 Å². The topological polar surface area (TPSA) is 38.8 Å². The molecule has 0 radical (unpaired) electrons. The fourth-order valence-corrected chi connectivity index (χ4v) is 1.47. The Bertz CT molecular complexity index is 513. The fourth-order valence-electron chi connectivity index (χ4n) is 1.47. The molecule has 0 amide bonds. The maximum absolute atomic E-state index is 13.2. The molecular weight excluding hydrogens is 289 g/mol. The molecule has 1 fully saturated rings. The van der Waals surface area contributed by atoms with E-state index in [0.717, 1.165) is 17.2 Å². The summed E-state index contributed by atoms with van der Waals surface area (Å²) < 4.78 is 66.6. The summed E-state index contributed by atoms with van der Waals surface area (Å²) in [7, 11) is 0. The van der Waals surface area contributed by atoms with Crippen molar-refractivity contribution in [2.45, 2.75) is 12.3 Å². The summed E-state index contributed by atoms with van der Waals surface area (Å²) in [4.78, 5) is 14.5. The fraction of sp³-hybridized carbons (Fsp3) is 0.364. The predicted molar refractivity (Wildman–Crippen MR) is 54.5 cm³/mol. The van der Waals surface area contributed by atoms with Gasteiger partial charge in [0.25, 0.3) is 0 Å². The Labute approximate surface area is 109 Å². The third-order valence-corrected chi connectivity index (χ3v) is 2.45. The van der Waals surface area contributed by atoms with E-state index in [9.17, 15) is 26.7 Å². The van der Waals surface area contributed by atoms with E-state index >= 15 is 0 Å². The Hall–Kier alpha value is -1.90. The van der Waals surface area contributed by atoms with E-state index < -0.39 is 29.9 Å². The van der Waals surface area contributed by atoms with Gasteiger partial charge >= 0.3 is 12.1 Å². The van der Waals surface area contributed by atoms with Gasteiger partial charge in [-0.1, -0.05) is 0 Å². The number of alkyl halides is 3.